The van der Waals surface area contributed by atoms with Crippen molar-refractivity contribution in [3.63, 3.8) is 0 Å². The Hall–Kier alpha value is -1.62. The molecule has 0 saturated carbocycles. The van der Waals surface area contributed by atoms with Crippen LogP contribution in [0.1, 0.15) is 11.1 Å². The summed E-state index contributed by atoms with van der Waals surface area (Å²) >= 11 is 0. The average Bonchev–Trinajstić information content (AvgIpc) is 2.10. The minimum absolute atomic E-state index is 0.123. The molecule has 70 valence electrons. The fourth-order valence-corrected chi connectivity index (χ4v) is 0.997. The number of aryl methyl sites for hydroxylation is 1. The van der Waals surface area contributed by atoms with Crippen LogP contribution in [0.25, 0.3) is 0 Å². The Morgan fingerprint density at radius 3 is 2.69 bits per heavy atom. The van der Waals surface area contributed by atoms with Gasteiger partial charge in [-0.2, -0.15) is 5.10 Å². The molecule has 0 aliphatic rings. The SMILES string of the molecule is Cc1ccc(/C(=N/N)NN)c(F)c1. The van der Waals surface area contributed by atoms with Gasteiger partial charge in [0.25, 0.3) is 0 Å². The molecule has 5 N–H and O–H groups in total. The molecule has 1 aromatic carbocycles. The molecule has 4 nitrogen and oxygen atoms in total. The van der Waals surface area contributed by atoms with Crippen LogP contribution in [-0.4, -0.2) is 5.84 Å². The van der Waals surface area contributed by atoms with E-state index in [1.165, 1.54) is 6.07 Å². The van der Waals surface area contributed by atoms with Gasteiger partial charge in [-0.3, -0.25) is 0 Å². The minimum atomic E-state index is -0.401. The lowest BCUT2D eigenvalue weighted by Gasteiger charge is -2.05. The van der Waals surface area contributed by atoms with Crippen LogP contribution in [0.3, 0.4) is 0 Å². The van der Waals surface area contributed by atoms with Crippen molar-refractivity contribution < 1.29 is 4.39 Å². The Morgan fingerprint density at radius 1 is 1.54 bits per heavy atom. The number of rotatable bonds is 1. The molecule has 0 heterocycles. The molecule has 13 heavy (non-hydrogen) atoms. The van der Waals surface area contributed by atoms with Gasteiger partial charge < -0.3 is 11.3 Å². The maximum absolute atomic E-state index is 13.2. The first-order chi connectivity index (χ1) is 6.19. The van der Waals surface area contributed by atoms with Crippen LogP contribution in [0.5, 0.6) is 0 Å². The van der Waals surface area contributed by atoms with Crippen LogP contribution in [0, 0.1) is 12.7 Å². The van der Waals surface area contributed by atoms with E-state index in [0.29, 0.717) is 0 Å². The van der Waals surface area contributed by atoms with Gasteiger partial charge in [-0.05, 0) is 24.6 Å². The van der Waals surface area contributed by atoms with E-state index in [2.05, 4.69) is 10.5 Å². The Balaban J connectivity index is 3.15. The summed E-state index contributed by atoms with van der Waals surface area (Å²) in [6, 6.07) is 4.70. The van der Waals surface area contributed by atoms with Gasteiger partial charge in [-0.25, -0.2) is 10.2 Å². The summed E-state index contributed by atoms with van der Waals surface area (Å²) in [5.41, 5.74) is 3.30. The lowest BCUT2D eigenvalue weighted by Crippen LogP contribution is -2.32. The average molecular weight is 182 g/mol. The predicted octanol–water partition coefficient (Wildman–Crippen LogP) is 0.218. The highest BCUT2D eigenvalue weighted by Crippen LogP contribution is 2.09. The molecule has 0 bridgehead atoms. The third kappa shape index (κ3) is 1.94. The van der Waals surface area contributed by atoms with Crippen molar-refractivity contribution in [3.05, 3.63) is 35.1 Å². The van der Waals surface area contributed by atoms with E-state index in [1.807, 2.05) is 0 Å². The van der Waals surface area contributed by atoms with Gasteiger partial charge in [0.1, 0.15) is 5.82 Å². The van der Waals surface area contributed by atoms with Gasteiger partial charge in [0.05, 0.1) is 5.56 Å². The standard InChI is InChI=1S/C8H11FN4/c1-5-2-3-6(7(9)4-5)8(12-10)13-11/h2-4H,10-11H2,1H3,(H,12,13). The second kappa shape index (κ2) is 3.86. The molecule has 5 heteroatoms. The van der Waals surface area contributed by atoms with E-state index in [1.54, 1.807) is 19.1 Å². The van der Waals surface area contributed by atoms with Crippen LogP contribution in [0.4, 0.5) is 4.39 Å². The number of benzene rings is 1. The summed E-state index contributed by atoms with van der Waals surface area (Å²) in [6.07, 6.45) is 0. The van der Waals surface area contributed by atoms with Crippen LogP contribution in [0.15, 0.2) is 23.3 Å². The molecule has 0 spiro atoms. The molecular weight excluding hydrogens is 171 g/mol. The van der Waals surface area contributed by atoms with Crippen molar-refractivity contribution in [2.24, 2.45) is 16.8 Å². The molecule has 0 amide bonds. The Bertz CT molecular complexity index is 335. The first kappa shape index (κ1) is 9.47. The van der Waals surface area contributed by atoms with E-state index < -0.39 is 5.82 Å². The van der Waals surface area contributed by atoms with Crippen molar-refractivity contribution >= 4 is 5.84 Å². The van der Waals surface area contributed by atoms with Gasteiger partial charge in [0, 0.05) is 0 Å². The van der Waals surface area contributed by atoms with Gasteiger partial charge >= 0.3 is 0 Å². The van der Waals surface area contributed by atoms with Gasteiger partial charge in [0.15, 0.2) is 5.84 Å². The highest BCUT2D eigenvalue weighted by atomic mass is 19.1. The van der Waals surface area contributed by atoms with Crippen molar-refractivity contribution in [1.82, 2.24) is 5.43 Å². The van der Waals surface area contributed by atoms with Crippen molar-refractivity contribution in [3.8, 4) is 0 Å². The molecule has 0 aromatic heterocycles. The lowest BCUT2D eigenvalue weighted by molar-refractivity contribution is 0.622. The lowest BCUT2D eigenvalue weighted by atomic mass is 10.1. The number of amidine groups is 1. The van der Waals surface area contributed by atoms with Crippen molar-refractivity contribution in [2.75, 3.05) is 0 Å². The zero-order valence-corrected chi connectivity index (χ0v) is 7.21. The van der Waals surface area contributed by atoms with E-state index in [-0.39, 0.29) is 11.4 Å². The van der Waals surface area contributed by atoms with Gasteiger partial charge in [-0.1, -0.05) is 6.07 Å². The fourth-order valence-electron chi connectivity index (χ4n) is 0.997. The monoisotopic (exact) mass is 182 g/mol. The van der Waals surface area contributed by atoms with E-state index >= 15 is 0 Å². The molecule has 1 rings (SSSR count). The zero-order chi connectivity index (χ0) is 9.84. The Labute approximate surface area is 75.4 Å². The number of nitrogens with zero attached hydrogens (tertiary/aromatic N) is 1. The number of hydrogen-bond acceptors (Lipinski definition) is 3. The Kier molecular flexibility index (Phi) is 2.81. The minimum Gasteiger partial charge on any atom is -0.321 e. The van der Waals surface area contributed by atoms with Gasteiger partial charge in [-0.15, -0.1) is 0 Å². The van der Waals surface area contributed by atoms with Crippen LogP contribution < -0.4 is 17.1 Å². The van der Waals surface area contributed by atoms with Gasteiger partial charge in [0.2, 0.25) is 0 Å². The summed E-state index contributed by atoms with van der Waals surface area (Å²) in [7, 11) is 0. The first-order valence-corrected chi connectivity index (χ1v) is 3.70. The van der Waals surface area contributed by atoms with Crippen molar-refractivity contribution in [1.29, 1.82) is 0 Å². The summed E-state index contributed by atoms with van der Waals surface area (Å²) in [5, 5.41) is 3.31. The largest absolute Gasteiger partial charge is 0.321 e. The van der Waals surface area contributed by atoms with Crippen LogP contribution >= 0.6 is 0 Å². The second-order valence-corrected chi connectivity index (χ2v) is 2.61. The molecule has 0 unspecified atom stereocenters. The third-order valence-corrected chi connectivity index (χ3v) is 1.65. The van der Waals surface area contributed by atoms with Crippen LogP contribution in [0.2, 0.25) is 0 Å². The highest BCUT2D eigenvalue weighted by molar-refractivity contribution is 5.98. The van der Waals surface area contributed by atoms with Crippen molar-refractivity contribution in [2.45, 2.75) is 6.92 Å². The first-order valence-electron chi connectivity index (χ1n) is 3.70. The molecule has 0 fully saturated rings. The molecule has 0 radical (unpaired) electrons. The topological polar surface area (TPSA) is 76.4 Å². The van der Waals surface area contributed by atoms with E-state index in [9.17, 15) is 4.39 Å². The number of hydrazine groups is 1. The summed E-state index contributed by atoms with van der Waals surface area (Å²) in [5.74, 6) is 9.82. The zero-order valence-electron chi connectivity index (χ0n) is 7.21. The molecule has 0 aliphatic carbocycles. The van der Waals surface area contributed by atoms with E-state index in [0.717, 1.165) is 5.56 Å². The number of nitrogens with two attached hydrogens (primary N) is 2. The summed E-state index contributed by atoms with van der Waals surface area (Å²) < 4.78 is 13.2. The molecule has 0 aliphatic heterocycles. The maximum atomic E-state index is 13.2. The van der Waals surface area contributed by atoms with Crippen LogP contribution in [-0.2, 0) is 0 Å². The molecule has 1 aromatic rings. The van der Waals surface area contributed by atoms with E-state index in [4.69, 9.17) is 11.7 Å². The summed E-state index contributed by atoms with van der Waals surface area (Å²) in [4.78, 5) is 0. The molecule has 0 atom stereocenters. The molecular formula is C8H11FN4. The third-order valence-electron chi connectivity index (χ3n) is 1.65. The smallest absolute Gasteiger partial charge is 0.169 e. The second-order valence-electron chi connectivity index (χ2n) is 2.61. The number of nitrogens with one attached hydrogen (secondary N) is 1. The quantitative estimate of drug-likeness (QED) is 0.251. The number of hydrazone groups is 1. The number of hydrogen-bond donors (Lipinski definition) is 3. The maximum Gasteiger partial charge on any atom is 0.169 e. The molecule has 0 saturated heterocycles. The number of halogens is 1. The highest BCUT2D eigenvalue weighted by Gasteiger charge is 2.07. The predicted molar refractivity (Wildman–Crippen MR) is 49.2 cm³/mol. The Morgan fingerprint density at radius 2 is 2.23 bits per heavy atom. The normalized spacial score (nSPS) is 11.5. The summed E-state index contributed by atoms with van der Waals surface area (Å²) in [6.45, 7) is 1.79. The fraction of sp³-hybridized carbons (Fsp3) is 0.125.